The molecule has 0 amide bonds. The molecule has 2 fully saturated rings. The van der Waals surface area contributed by atoms with Crippen LogP contribution in [0.15, 0.2) is 0 Å². The summed E-state index contributed by atoms with van der Waals surface area (Å²) in [7, 11) is 0. The maximum atomic E-state index is 7.42. The Bertz CT molecular complexity index is 224. The van der Waals surface area contributed by atoms with Gasteiger partial charge in [-0.15, -0.1) is 0 Å². The fourth-order valence-electron chi connectivity index (χ4n) is 2.81. The maximum absolute atomic E-state index is 7.42. The van der Waals surface area contributed by atoms with Gasteiger partial charge in [0.05, 0.1) is 0 Å². The Morgan fingerprint density at radius 2 is 2.27 bits per heavy atom. The molecule has 0 N–H and O–H groups in total. The van der Waals surface area contributed by atoms with E-state index in [1.807, 2.05) is 0 Å². The van der Waals surface area contributed by atoms with Gasteiger partial charge in [0, 0.05) is 16.7 Å². The van der Waals surface area contributed by atoms with E-state index < -0.39 is 6.98 Å². The molecule has 2 bridgehead atoms. The van der Waals surface area contributed by atoms with Crippen LogP contribution in [0.1, 0.15) is 30.8 Å². The molecule has 3 atom stereocenters. The molecule has 1 heteroatoms. The van der Waals surface area contributed by atoms with Crippen LogP contribution in [0.3, 0.4) is 0 Å². The zero-order valence-corrected chi connectivity index (χ0v) is 7.38. The van der Waals surface area contributed by atoms with E-state index >= 15 is 0 Å². The largest absolute Gasteiger partial charge is 0.303 e. The lowest BCUT2D eigenvalue weighted by Gasteiger charge is -2.30. The van der Waals surface area contributed by atoms with Gasteiger partial charge in [-0.1, -0.05) is 13.8 Å². The third kappa shape index (κ3) is 1.10. The molecule has 0 aromatic heterocycles. The number of fused-ring (bicyclic) bond motifs is 2. The quantitative estimate of drug-likeness (QED) is 0.561. The van der Waals surface area contributed by atoms with Crippen LogP contribution in [-0.2, 0) is 0 Å². The van der Waals surface area contributed by atoms with E-state index in [2.05, 4.69) is 13.8 Å². The lowest BCUT2D eigenvalue weighted by atomic mass is 9.85. The summed E-state index contributed by atoms with van der Waals surface area (Å²) in [6.07, 6.45) is 2.21. The smallest absolute Gasteiger partial charge is 0.0394 e. The van der Waals surface area contributed by atoms with Gasteiger partial charge in [-0.05, 0) is 37.6 Å². The molecule has 2 rings (SSSR count). The lowest BCUT2D eigenvalue weighted by molar-refractivity contribution is 0.175. The van der Waals surface area contributed by atoms with Gasteiger partial charge in [-0.3, -0.25) is 0 Å². The molecule has 0 aromatic carbocycles. The second kappa shape index (κ2) is 2.48. The van der Waals surface area contributed by atoms with Crippen molar-refractivity contribution in [2.75, 3.05) is 13.5 Å². The van der Waals surface area contributed by atoms with E-state index in [9.17, 15) is 0 Å². The van der Waals surface area contributed by atoms with Crippen molar-refractivity contribution < 1.29 is 4.11 Å². The fourth-order valence-corrected chi connectivity index (χ4v) is 2.81. The third-order valence-electron chi connectivity index (χ3n) is 3.45. The first kappa shape index (κ1) is 4.86. The van der Waals surface area contributed by atoms with Gasteiger partial charge in [0.15, 0.2) is 0 Å². The van der Waals surface area contributed by atoms with Crippen LogP contribution in [0.5, 0.6) is 0 Å². The van der Waals surface area contributed by atoms with Crippen LogP contribution in [0.4, 0.5) is 0 Å². The molecule has 1 saturated carbocycles. The molecule has 64 valence electrons. The van der Waals surface area contributed by atoms with Gasteiger partial charge >= 0.3 is 0 Å². The monoisotopic (exact) mass is 156 g/mol. The molecule has 1 nitrogen and oxygen atoms in total. The normalized spacial score (nSPS) is 49.4. The zero-order valence-electron chi connectivity index (χ0n) is 10.4. The molecule has 1 aliphatic carbocycles. The van der Waals surface area contributed by atoms with Crippen molar-refractivity contribution in [1.29, 1.82) is 0 Å². The Labute approximate surface area is 74.0 Å². The van der Waals surface area contributed by atoms with Crippen molar-refractivity contribution in [2.24, 2.45) is 17.8 Å². The Kier molecular flexibility index (Phi) is 1.09. The lowest BCUT2D eigenvalue weighted by Crippen LogP contribution is -2.33. The van der Waals surface area contributed by atoms with Gasteiger partial charge in [-0.25, -0.2) is 0 Å². The van der Waals surface area contributed by atoms with Crippen molar-refractivity contribution in [1.82, 2.24) is 4.90 Å². The predicted molar refractivity (Wildman–Crippen MR) is 47.5 cm³/mol. The molecule has 0 radical (unpaired) electrons. The number of nitrogens with zero attached hydrogens (tertiary/aromatic N) is 1. The summed E-state index contributed by atoms with van der Waals surface area (Å²) in [6.45, 7) is 3.45. The van der Waals surface area contributed by atoms with Crippen molar-refractivity contribution >= 4 is 0 Å². The van der Waals surface area contributed by atoms with Crippen molar-refractivity contribution in [2.45, 2.75) is 32.7 Å². The topological polar surface area (TPSA) is 3.24 Å². The van der Waals surface area contributed by atoms with E-state index in [0.29, 0.717) is 17.9 Å². The van der Waals surface area contributed by atoms with E-state index in [0.717, 1.165) is 25.3 Å². The first-order chi connectivity index (χ1) is 6.39. The summed E-state index contributed by atoms with van der Waals surface area (Å²) in [5.41, 5.74) is 0. The first-order valence-electron chi connectivity index (χ1n) is 6.16. The minimum absolute atomic E-state index is 0.333. The van der Waals surface area contributed by atoms with Crippen molar-refractivity contribution in [3.05, 3.63) is 0 Å². The van der Waals surface area contributed by atoms with E-state index in [-0.39, 0.29) is 0 Å². The van der Waals surface area contributed by atoms with E-state index in [1.165, 1.54) is 0 Å². The summed E-state index contributed by atoms with van der Waals surface area (Å²) in [5, 5.41) is 0. The Morgan fingerprint density at radius 3 is 2.73 bits per heavy atom. The molecule has 1 saturated heterocycles. The molecule has 2 aliphatic rings. The number of hydrogen-bond acceptors (Lipinski definition) is 1. The average Bonchev–Trinajstić information content (AvgIpc) is 2.58. The van der Waals surface area contributed by atoms with Gasteiger partial charge in [0.1, 0.15) is 0 Å². The molecular weight excluding hydrogens is 134 g/mol. The van der Waals surface area contributed by atoms with Crippen LogP contribution < -0.4 is 0 Å². The molecule has 1 aliphatic heterocycles. The molecular formula is C10H19N. The van der Waals surface area contributed by atoms with E-state index in [1.54, 1.807) is 4.90 Å². The maximum Gasteiger partial charge on any atom is 0.0394 e. The van der Waals surface area contributed by atoms with Crippen LogP contribution >= 0.6 is 0 Å². The highest BCUT2D eigenvalue weighted by atomic mass is 15.2. The van der Waals surface area contributed by atoms with Crippen LogP contribution in [0.25, 0.3) is 0 Å². The predicted octanol–water partition coefficient (Wildman–Crippen LogP) is 1.98. The third-order valence-corrected chi connectivity index (χ3v) is 3.45. The fraction of sp³-hybridized carbons (Fsp3) is 1.00. The SMILES string of the molecule is [2H]C([2H])([2H])N1C[C@@H]2C[C@H]1C[C@H]2C(C)C. The minimum Gasteiger partial charge on any atom is -0.303 e. The van der Waals surface area contributed by atoms with Crippen molar-refractivity contribution in [3.63, 3.8) is 0 Å². The summed E-state index contributed by atoms with van der Waals surface area (Å²) >= 11 is 0. The van der Waals surface area contributed by atoms with Gasteiger partial charge in [-0.2, -0.15) is 0 Å². The highest BCUT2D eigenvalue weighted by Crippen LogP contribution is 2.44. The summed E-state index contributed by atoms with van der Waals surface area (Å²) in [6, 6.07) is 0.333. The van der Waals surface area contributed by atoms with E-state index in [4.69, 9.17) is 4.11 Å². The highest BCUT2D eigenvalue weighted by molar-refractivity contribution is 4.96. The second-order valence-corrected chi connectivity index (χ2v) is 4.45. The standard InChI is InChI=1S/C10H19N/c1-7(2)10-5-9-4-8(10)6-11(9)3/h7-10H,4-6H2,1-3H3/t8-,9-,10-/m0/s1/i3D3. The number of rotatable bonds is 1. The highest BCUT2D eigenvalue weighted by Gasteiger charge is 2.43. The molecule has 0 aromatic rings. The van der Waals surface area contributed by atoms with Crippen LogP contribution in [0, 0.1) is 17.8 Å². The van der Waals surface area contributed by atoms with Crippen molar-refractivity contribution in [3.8, 4) is 0 Å². The summed E-state index contributed by atoms with van der Waals surface area (Å²) in [4.78, 5) is 1.73. The molecule has 11 heavy (non-hydrogen) atoms. The number of piperidine rings is 1. The zero-order chi connectivity index (χ0) is 10.5. The van der Waals surface area contributed by atoms with Gasteiger partial charge < -0.3 is 4.90 Å². The first-order valence-corrected chi connectivity index (χ1v) is 4.66. The van der Waals surface area contributed by atoms with Gasteiger partial charge in [0.2, 0.25) is 0 Å². The minimum atomic E-state index is -1.86. The molecule has 0 unspecified atom stereocenters. The van der Waals surface area contributed by atoms with Gasteiger partial charge in [0.25, 0.3) is 0 Å². The Balaban J connectivity index is 2.03. The average molecular weight is 156 g/mol. The molecule has 0 spiro atoms. The molecule has 1 heterocycles. The second-order valence-electron chi connectivity index (χ2n) is 4.45. The Morgan fingerprint density at radius 1 is 1.45 bits per heavy atom. The number of likely N-dealkylation sites (tertiary alicyclic amines) is 1. The van der Waals surface area contributed by atoms with Crippen LogP contribution in [-0.4, -0.2) is 24.5 Å². The van der Waals surface area contributed by atoms with Crippen LogP contribution in [0.2, 0.25) is 0 Å². The Hall–Kier alpha value is -0.0400. The summed E-state index contributed by atoms with van der Waals surface area (Å²) in [5.74, 6) is 2.11. The summed E-state index contributed by atoms with van der Waals surface area (Å²) < 4.78 is 22.2. The number of hydrogen-bond donors (Lipinski definition) is 0.